The van der Waals surface area contributed by atoms with E-state index in [1.807, 2.05) is 11.8 Å². The second-order valence-corrected chi connectivity index (χ2v) is 4.98. The molecule has 1 saturated heterocycles. The van der Waals surface area contributed by atoms with Crippen molar-refractivity contribution in [3.63, 3.8) is 0 Å². The second-order valence-electron chi connectivity index (χ2n) is 4.98. The number of nitrogens with zero attached hydrogens (tertiary/aromatic N) is 2. The van der Waals surface area contributed by atoms with Gasteiger partial charge in [-0.2, -0.15) is 18.4 Å². The van der Waals surface area contributed by atoms with Gasteiger partial charge in [-0.1, -0.05) is 0 Å². The van der Waals surface area contributed by atoms with Crippen LogP contribution in [0.1, 0.15) is 30.9 Å². The van der Waals surface area contributed by atoms with E-state index in [4.69, 9.17) is 10.00 Å². The zero-order valence-electron chi connectivity index (χ0n) is 11.8. The lowest BCUT2D eigenvalue weighted by atomic mass is 10.0. The number of hydrogen-bond donors (Lipinski definition) is 0. The van der Waals surface area contributed by atoms with Gasteiger partial charge in [0.25, 0.3) is 0 Å². The van der Waals surface area contributed by atoms with Gasteiger partial charge >= 0.3 is 6.18 Å². The molecule has 0 radical (unpaired) electrons. The van der Waals surface area contributed by atoms with Gasteiger partial charge in [-0.25, -0.2) is 0 Å². The quantitative estimate of drug-likeness (QED) is 0.855. The zero-order valence-corrected chi connectivity index (χ0v) is 11.8. The SMILES string of the molecule is CCOC1CCN(c2ccc(C#N)c(C(F)(F)F)c2)CC1. The van der Waals surface area contributed by atoms with E-state index in [2.05, 4.69) is 0 Å². The predicted octanol–water partition coefficient (Wildman–Crippen LogP) is 3.58. The molecule has 1 heterocycles. The fraction of sp³-hybridized carbons (Fsp3) is 0.533. The van der Waals surface area contributed by atoms with Crippen LogP contribution in [0.2, 0.25) is 0 Å². The van der Waals surface area contributed by atoms with Gasteiger partial charge in [0.1, 0.15) is 0 Å². The van der Waals surface area contributed by atoms with E-state index in [9.17, 15) is 13.2 Å². The molecule has 3 nitrogen and oxygen atoms in total. The van der Waals surface area contributed by atoms with Gasteiger partial charge < -0.3 is 9.64 Å². The highest BCUT2D eigenvalue weighted by Crippen LogP contribution is 2.35. The molecule has 0 spiro atoms. The summed E-state index contributed by atoms with van der Waals surface area (Å²) in [6.07, 6.45) is -2.72. The van der Waals surface area contributed by atoms with E-state index >= 15 is 0 Å². The lowest BCUT2D eigenvalue weighted by Crippen LogP contribution is -2.37. The molecule has 0 bridgehead atoms. The average molecular weight is 298 g/mol. The Morgan fingerprint density at radius 3 is 2.52 bits per heavy atom. The first-order valence-corrected chi connectivity index (χ1v) is 6.93. The second kappa shape index (κ2) is 6.35. The summed E-state index contributed by atoms with van der Waals surface area (Å²) in [7, 11) is 0. The minimum Gasteiger partial charge on any atom is -0.378 e. The third kappa shape index (κ3) is 3.67. The Hall–Kier alpha value is -1.74. The molecule has 0 N–H and O–H groups in total. The van der Waals surface area contributed by atoms with E-state index in [1.54, 1.807) is 12.1 Å². The van der Waals surface area contributed by atoms with Gasteiger partial charge in [0, 0.05) is 25.4 Å². The fourth-order valence-electron chi connectivity index (χ4n) is 2.58. The first-order valence-electron chi connectivity index (χ1n) is 6.93. The Bertz CT molecular complexity index is 529. The molecule has 0 unspecified atom stereocenters. The number of anilines is 1. The van der Waals surface area contributed by atoms with Crippen LogP contribution in [-0.2, 0) is 10.9 Å². The Kier molecular flexibility index (Phi) is 4.73. The van der Waals surface area contributed by atoms with Crippen LogP contribution in [0.5, 0.6) is 0 Å². The first kappa shape index (κ1) is 15.6. The van der Waals surface area contributed by atoms with Crippen molar-refractivity contribution in [2.75, 3.05) is 24.6 Å². The van der Waals surface area contributed by atoms with Crippen molar-refractivity contribution in [3.8, 4) is 6.07 Å². The number of halogens is 3. The zero-order chi connectivity index (χ0) is 15.5. The molecule has 0 atom stereocenters. The summed E-state index contributed by atoms with van der Waals surface area (Å²) in [6.45, 7) is 3.91. The smallest absolute Gasteiger partial charge is 0.378 e. The van der Waals surface area contributed by atoms with Crippen LogP contribution in [0, 0.1) is 11.3 Å². The van der Waals surface area contributed by atoms with Crippen LogP contribution >= 0.6 is 0 Å². The molecule has 1 aliphatic rings. The van der Waals surface area contributed by atoms with Gasteiger partial charge in [-0.3, -0.25) is 0 Å². The van der Waals surface area contributed by atoms with Crippen LogP contribution in [0.25, 0.3) is 0 Å². The summed E-state index contributed by atoms with van der Waals surface area (Å²) in [4.78, 5) is 1.91. The summed E-state index contributed by atoms with van der Waals surface area (Å²) in [5.74, 6) is 0. The van der Waals surface area contributed by atoms with Gasteiger partial charge in [-0.15, -0.1) is 0 Å². The van der Waals surface area contributed by atoms with Crippen molar-refractivity contribution in [3.05, 3.63) is 29.3 Å². The topological polar surface area (TPSA) is 36.3 Å². The van der Waals surface area contributed by atoms with E-state index in [-0.39, 0.29) is 11.7 Å². The summed E-state index contributed by atoms with van der Waals surface area (Å²) in [5, 5.41) is 8.80. The highest BCUT2D eigenvalue weighted by atomic mass is 19.4. The van der Waals surface area contributed by atoms with Gasteiger partial charge in [0.2, 0.25) is 0 Å². The molecule has 114 valence electrons. The average Bonchev–Trinajstić information content (AvgIpc) is 2.47. The Labute approximate surface area is 121 Å². The van der Waals surface area contributed by atoms with Crippen molar-refractivity contribution in [1.29, 1.82) is 5.26 Å². The molecule has 1 fully saturated rings. The molecule has 6 heteroatoms. The van der Waals surface area contributed by atoms with Crippen LogP contribution in [0.4, 0.5) is 18.9 Å². The molecular weight excluding hydrogens is 281 g/mol. The minimum atomic E-state index is -4.51. The van der Waals surface area contributed by atoms with Crippen molar-refractivity contribution < 1.29 is 17.9 Å². The lowest BCUT2D eigenvalue weighted by Gasteiger charge is -2.33. The molecule has 0 aliphatic carbocycles. The van der Waals surface area contributed by atoms with E-state index in [0.29, 0.717) is 25.4 Å². The molecule has 0 amide bonds. The van der Waals surface area contributed by atoms with Gasteiger partial charge in [0.15, 0.2) is 0 Å². The minimum absolute atomic E-state index is 0.187. The monoisotopic (exact) mass is 298 g/mol. The van der Waals surface area contributed by atoms with Gasteiger partial charge in [-0.05, 0) is 38.0 Å². The molecule has 0 saturated carbocycles. The Morgan fingerprint density at radius 2 is 2.00 bits per heavy atom. The Balaban J connectivity index is 2.17. The van der Waals surface area contributed by atoms with E-state index in [1.165, 1.54) is 6.07 Å². The highest BCUT2D eigenvalue weighted by Gasteiger charge is 2.34. The molecule has 1 aliphatic heterocycles. The number of hydrogen-bond acceptors (Lipinski definition) is 3. The first-order chi connectivity index (χ1) is 9.95. The number of piperidine rings is 1. The van der Waals surface area contributed by atoms with Crippen LogP contribution < -0.4 is 4.90 Å². The number of alkyl halides is 3. The molecular formula is C15H17F3N2O. The maximum Gasteiger partial charge on any atom is 0.417 e. The standard InChI is InChI=1S/C15H17F3N2O/c1-2-21-13-5-7-20(8-6-13)12-4-3-11(10-19)14(9-12)15(16,17)18/h3-4,9,13H,2,5-8H2,1H3. The van der Waals surface area contributed by atoms with E-state index in [0.717, 1.165) is 18.9 Å². The molecule has 2 rings (SSSR count). The van der Waals surface area contributed by atoms with Gasteiger partial charge in [0.05, 0.1) is 23.3 Å². The number of nitriles is 1. The normalized spacial score (nSPS) is 16.8. The number of ether oxygens (including phenoxy) is 1. The third-order valence-electron chi connectivity index (χ3n) is 3.64. The lowest BCUT2D eigenvalue weighted by molar-refractivity contribution is -0.137. The maximum absolute atomic E-state index is 13.0. The molecule has 1 aromatic rings. The number of rotatable bonds is 3. The van der Waals surface area contributed by atoms with Crippen molar-refractivity contribution >= 4 is 5.69 Å². The van der Waals surface area contributed by atoms with E-state index < -0.39 is 11.7 Å². The van der Waals surface area contributed by atoms with Crippen LogP contribution in [0.15, 0.2) is 18.2 Å². The summed E-state index contributed by atoms with van der Waals surface area (Å²) in [6, 6.07) is 5.49. The van der Waals surface area contributed by atoms with Crippen molar-refractivity contribution in [2.24, 2.45) is 0 Å². The van der Waals surface area contributed by atoms with Crippen molar-refractivity contribution in [1.82, 2.24) is 0 Å². The third-order valence-corrected chi connectivity index (χ3v) is 3.64. The summed E-state index contributed by atoms with van der Waals surface area (Å²) in [5.41, 5.74) is -0.693. The summed E-state index contributed by atoms with van der Waals surface area (Å²) >= 11 is 0. The van der Waals surface area contributed by atoms with Crippen LogP contribution in [0.3, 0.4) is 0 Å². The number of benzene rings is 1. The molecule has 1 aromatic carbocycles. The predicted molar refractivity (Wildman–Crippen MR) is 73.0 cm³/mol. The maximum atomic E-state index is 13.0. The molecule has 0 aromatic heterocycles. The van der Waals surface area contributed by atoms with Crippen molar-refractivity contribution in [2.45, 2.75) is 32.0 Å². The highest BCUT2D eigenvalue weighted by molar-refractivity contribution is 5.55. The summed E-state index contributed by atoms with van der Waals surface area (Å²) < 4.78 is 44.4. The fourth-order valence-corrected chi connectivity index (χ4v) is 2.58. The largest absolute Gasteiger partial charge is 0.417 e. The van der Waals surface area contributed by atoms with Crippen LogP contribution in [-0.4, -0.2) is 25.8 Å². The molecule has 21 heavy (non-hydrogen) atoms. The Morgan fingerprint density at radius 1 is 1.33 bits per heavy atom.